The molecule has 4 atom stereocenters. The molecule has 2 aliphatic rings. The van der Waals surface area contributed by atoms with Gasteiger partial charge in [-0.15, -0.1) is 0 Å². The lowest BCUT2D eigenvalue weighted by molar-refractivity contribution is -0.0434. The second kappa shape index (κ2) is 7.54. The minimum absolute atomic E-state index is 0.205. The van der Waals surface area contributed by atoms with Crippen molar-refractivity contribution in [1.29, 1.82) is 0 Å². The number of rotatable bonds is 4. The molecule has 1 aliphatic carbocycles. The standard InChI is InChI=1S/C21H28N6O4/c1-21(2,3)13-8-12(31-26-13)17-15(28)16(29)20(30-17)27-10-24-14-18(22-9-23-19(14)27)25-11-6-4-5-7-11/h8-11,15-17,20,28-29H,4-7H2,1-3H3,(H,22,23,25)/t15-,16+,17+,20+/m0/s1. The summed E-state index contributed by atoms with van der Waals surface area (Å²) in [7, 11) is 0. The molecule has 3 aromatic rings. The van der Waals surface area contributed by atoms with Gasteiger partial charge in [0, 0.05) is 17.5 Å². The molecule has 1 aliphatic heterocycles. The minimum atomic E-state index is -1.19. The maximum absolute atomic E-state index is 10.7. The number of fused-ring (bicyclic) bond motifs is 1. The van der Waals surface area contributed by atoms with Crippen LogP contribution in [0, 0.1) is 0 Å². The smallest absolute Gasteiger partial charge is 0.168 e. The first kappa shape index (κ1) is 20.3. The molecule has 3 aromatic heterocycles. The Morgan fingerprint density at radius 2 is 1.87 bits per heavy atom. The summed E-state index contributed by atoms with van der Waals surface area (Å²) in [5.41, 5.74) is 1.68. The van der Waals surface area contributed by atoms with Gasteiger partial charge in [-0.2, -0.15) is 0 Å². The van der Waals surface area contributed by atoms with Crippen molar-refractivity contribution in [3.63, 3.8) is 0 Å². The zero-order valence-corrected chi connectivity index (χ0v) is 17.9. The third kappa shape index (κ3) is 3.58. The van der Waals surface area contributed by atoms with Crippen LogP contribution in [0.3, 0.4) is 0 Å². The van der Waals surface area contributed by atoms with Gasteiger partial charge in [0.25, 0.3) is 0 Å². The first-order valence-electron chi connectivity index (χ1n) is 10.8. The monoisotopic (exact) mass is 428 g/mol. The Bertz CT molecular complexity index is 1070. The number of ether oxygens (including phenoxy) is 1. The summed E-state index contributed by atoms with van der Waals surface area (Å²) in [6.07, 6.45) is 3.58. The van der Waals surface area contributed by atoms with E-state index in [9.17, 15) is 10.2 Å². The molecule has 1 saturated carbocycles. The summed E-state index contributed by atoms with van der Waals surface area (Å²) in [5, 5.41) is 29.0. The predicted molar refractivity (Wildman–Crippen MR) is 111 cm³/mol. The molecule has 0 spiro atoms. The molecule has 31 heavy (non-hydrogen) atoms. The molecule has 10 heteroatoms. The van der Waals surface area contributed by atoms with Gasteiger partial charge in [-0.1, -0.05) is 38.8 Å². The van der Waals surface area contributed by atoms with Crippen LogP contribution in [0.2, 0.25) is 0 Å². The maximum atomic E-state index is 10.7. The number of aliphatic hydroxyl groups excluding tert-OH is 2. The number of anilines is 1. The van der Waals surface area contributed by atoms with Gasteiger partial charge in [-0.3, -0.25) is 4.57 Å². The summed E-state index contributed by atoms with van der Waals surface area (Å²) < 4.78 is 13.1. The zero-order chi connectivity index (χ0) is 21.8. The summed E-state index contributed by atoms with van der Waals surface area (Å²) in [4.78, 5) is 13.2. The lowest BCUT2D eigenvalue weighted by atomic mass is 9.92. The molecular formula is C21H28N6O4. The van der Waals surface area contributed by atoms with Crippen molar-refractivity contribution in [2.24, 2.45) is 0 Å². The number of hydrogen-bond acceptors (Lipinski definition) is 9. The summed E-state index contributed by atoms with van der Waals surface area (Å²) in [6, 6.07) is 2.15. The number of nitrogens with zero attached hydrogens (tertiary/aromatic N) is 5. The van der Waals surface area contributed by atoms with Crippen LogP contribution < -0.4 is 5.32 Å². The molecule has 10 nitrogen and oxygen atoms in total. The van der Waals surface area contributed by atoms with Crippen LogP contribution in [-0.4, -0.2) is 53.1 Å². The number of nitrogens with one attached hydrogen (secondary N) is 1. The van der Waals surface area contributed by atoms with Gasteiger partial charge in [0.05, 0.1) is 12.0 Å². The number of aliphatic hydroxyl groups is 2. The largest absolute Gasteiger partial charge is 0.387 e. The molecule has 166 valence electrons. The van der Waals surface area contributed by atoms with E-state index in [0.29, 0.717) is 28.8 Å². The maximum Gasteiger partial charge on any atom is 0.168 e. The first-order valence-corrected chi connectivity index (χ1v) is 10.8. The van der Waals surface area contributed by atoms with Gasteiger partial charge < -0.3 is 24.8 Å². The number of aromatic nitrogens is 5. The van der Waals surface area contributed by atoms with Crippen molar-refractivity contribution in [2.75, 3.05) is 5.32 Å². The SMILES string of the molecule is CC(C)(C)c1cc([C@H]2O[C@@H](n3cnc4c(NC5CCCC5)ncnc43)[C@H](O)[C@@H]2O)on1. The molecular weight excluding hydrogens is 400 g/mol. The molecule has 0 unspecified atom stereocenters. The Morgan fingerprint density at radius 1 is 1.10 bits per heavy atom. The fraction of sp³-hybridized carbons (Fsp3) is 0.619. The van der Waals surface area contributed by atoms with Crippen molar-refractivity contribution in [1.82, 2.24) is 24.7 Å². The van der Waals surface area contributed by atoms with Crippen LogP contribution >= 0.6 is 0 Å². The molecule has 3 N–H and O–H groups in total. The van der Waals surface area contributed by atoms with Crippen molar-refractivity contribution in [3.8, 4) is 0 Å². The van der Waals surface area contributed by atoms with Crippen molar-refractivity contribution < 1.29 is 19.5 Å². The minimum Gasteiger partial charge on any atom is -0.387 e. The molecule has 0 amide bonds. The molecule has 0 bridgehead atoms. The van der Waals surface area contributed by atoms with Gasteiger partial charge in [0.1, 0.15) is 24.6 Å². The second-order valence-corrected chi connectivity index (χ2v) is 9.46. The third-order valence-corrected chi connectivity index (χ3v) is 6.14. The fourth-order valence-corrected chi connectivity index (χ4v) is 4.31. The van der Waals surface area contributed by atoms with E-state index in [0.717, 1.165) is 18.5 Å². The van der Waals surface area contributed by atoms with E-state index in [1.165, 1.54) is 19.2 Å². The Labute approximate surface area is 179 Å². The topological polar surface area (TPSA) is 131 Å². The number of imidazole rings is 1. The van der Waals surface area contributed by atoms with Gasteiger partial charge in [0.2, 0.25) is 0 Å². The zero-order valence-electron chi connectivity index (χ0n) is 17.9. The van der Waals surface area contributed by atoms with Gasteiger partial charge in [-0.25, -0.2) is 15.0 Å². The molecule has 4 heterocycles. The van der Waals surface area contributed by atoms with Crippen molar-refractivity contribution in [2.45, 2.75) is 82.5 Å². The van der Waals surface area contributed by atoms with E-state index in [-0.39, 0.29) is 5.41 Å². The fourth-order valence-electron chi connectivity index (χ4n) is 4.31. The summed E-state index contributed by atoms with van der Waals surface area (Å²) in [5.74, 6) is 1.05. The highest BCUT2D eigenvalue weighted by Crippen LogP contribution is 2.41. The highest BCUT2D eigenvalue weighted by molar-refractivity contribution is 5.82. The average molecular weight is 428 g/mol. The van der Waals surface area contributed by atoms with Gasteiger partial charge in [0.15, 0.2) is 29.0 Å². The Kier molecular flexibility index (Phi) is 4.95. The Balaban J connectivity index is 1.43. The average Bonchev–Trinajstić information content (AvgIpc) is 3.50. The van der Waals surface area contributed by atoms with Crippen LogP contribution in [0.25, 0.3) is 11.2 Å². The molecule has 1 saturated heterocycles. The van der Waals surface area contributed by atoms with Crippen LogP contribution in [0.4, 0.5) is 5.82 Å². The molecule has 0 radical (unpaired) electrons. The molecule has 0 aromatic carbocycles. The quantitative estimate of drug-likeness (QED) is 0.573. The Hall–Kier alpha value is -2.56. The molecule has 5 rings (SSSR count). The van der Waals surface area contributed by atoms with E-state index in [1.807, 2.05) is 20.8 Å². The van der Waals surface area contributed by atoms with E-state index in [2.05, 4.69) is 25.4 Å². The molecule has 2 fully saturated rings. The Morgan fingerprint density at radius 3 is 2.58 bits per heavy atom. The highest BCUT2D eigenvalue weighted by atomic mass is 16.6. The van der Waals surface area contributed by atoms with E-state index in [4.69, 9.17) is 9.26 Å². The van der Waals surface area contributed by atoms with E-state index in [1.54, 1.807) is 17.0 Å². The predicted octanol–water partition coefficient (Wildman–Crippen LogP) is 2.46. The highest BCUT2D eigenvalue weighted by Gasteiger charge is 2.47. The van der Waals surface area contributed by atoms with Crippen molar-refractivity contribution in [3.05, 3.63) is 30.2 Å². The van der Waals surface area contributed by atoms with Crippen LogP contribution in [0.15, 0.2) is 23.2 Å². The van der Waals surface area contributed by atoms with Gasteiger partial charge >= 0.3 is 0 Å². The summed E-state index contributed by atoms with van der Waals surface area (Å²) in [6.45, 7) is 6.06. The first-order chi connectivity index (χ1) is 14.8. The van der Waals surface area contributed by atoms with Crippen LogP contribution in [-0.2, 0) is 10.2 Å². The summed E-state index contributed by atoms with van der Waals surface area (Å²) >= 11 is 0. The van der Waals surface area contributed by atoms with Gasteiger partial charge in [-0.05, 0) is 12.8 Å². The lowest BCUT2D eigenvalue weighted by Crippen LogP contribution is -2.29. The van der Waals surface area contributed by atoms with Crippen molar-refractivity contribution >= 4 is 17.0 Å². The normalized spacial score (nSPS) is 27.4. The van der Waals surface area contributed by atoms with E-state index < -0.39 is 24.5 Å². The number of hydrogen-bond donors (Lipinski definition) is 3. The van der Waals surface area contributed by atoms with Crippen LogP contribution in [0.5, 0.6) is 0 Å². The second-order valence-electron chi connectivity index (χ2n) is 9.46. The van der Waals surface area contributed by atoms with Crippen LogP contribution in [0.1, 0.15) is 70.2 Å². The third-order valence-electron chi connectivity index (χ3n) is 6.14. The lowest BCUT2D eigenvalue weighted by Gasteiger charge is -2.17. The van der Waals surface area contributed by atoms with E-state index >= 15 is 0 Å².